The molecule has 1 heterocycles. The van der Waals surface area contributed by atoms with E-state index in [0.717, 1.165) is 27.5 Å². The molecule has 40 heavy (non-hydrogen) atoms. The second-order valence-electron chi connectivity index (χ2n) is 12.3. The second-order valence-corrected chi connectivity index (χ2v) is 12.3. The Bertz CT molecular complexity index is 2220. The predicted molar refractivity (Wildman–Crippen MR) is 172 cm³/mol. The van der Waals surface area contributed by atoms with E-state index in [1.165, 1.54) is 60.1 Å². The van der Waals surface area contributed by atoms with Crippen LogP contribution in [0, 0.1) is 6.92 Å². The van der Waals surface area contributed by atoms with Gasteiger partial charge >= 0.3 is 0 Å². The molecule has 7 aromatic carbocycles. The maximum atomic E-state index is 6.54. The molecule has 0 aliphatic rings. The minimum Gasteiger partial charge on any atom is -0.455 e. The van der Waals surface area contributed by atoms with Crippen molar-refractivity contribution in [2.45, 2.75) is 33.1 Å². The van der Waals surface area contributed by atoms with E-state index in [9.17, 15) is 0 Å². The van der Waals surface area contributed by atoms with E-state index in [1.54, 1.807) is 0 Å². The first-order valence-corrected chi connectivity index (χ1v) is 14.1. The van der Waals surface area contributed by atoms with Crippen LogP contribution in [0.3, 0.4) is 0 Å². The van der Waals surface area contributed by atoms with E-state index in [1.807, 2.05) is 6.07 Å². The lowest BCUT2D eigenvalue weighted by molar-refractivity contribution is 0.591. The Kier molecular flexibility index (Phi) is 4.77. The molecule has 0 bridgehead atoms. The maximum Gasteiger partial charge on any atom is 0.143 e. The summed E-state index contributed by atoms with van der Waals surface area (Å²) in [7, 11) is 0. The quantitative estimate of drug-likeness (QED) is 0.209. The highest BCUT2D eigenvalue weighted by Gasteiger charge is 2.21. The third kappa shape index (κ3) is 3.34. The summed E-state index contributed by atoms with van der Waals surface area (Å²) in [5.41, 5.74) is 9.42. The Morgan fingerprint density at radius 2 is 1.20 bits per heavy atom. The fourth-order valence-corrected chi connectivity index (χ4v) is 6.50. The molecule has 8 aromatic rings. The van der Waals surface area contributed by atoms with Crippen molar-refractivity contribution >= 4 is 54.3 Å². The number of hydrogen-bond acceptors (Lipinski definition) is 1. The summed E-state index contributed by atoms with van der Waals surface area (Å²) in [4.78, 5) is 0. The monoisotopic (exact) mass is 514 g/mol. The van der Waals surface area contributed by atoms with Gasteiger partial charge in [-0.15, -0.1) is 0 Å². The molecule has 0 saturated carbocycles. The lowest BCUT2D eigenvalue weighted by atomic mass is 9.81. The van der Waals surface area contributed by atoms with Crippen LogP contribution in [0.5, 0.6) is 0 Å². The molecule has 8 rings (SSSR count). The molecule has 192 valence electrons. The molecular formula is C39H30O. The molecule has 1 heteroatoms. The van der Waals surface area contributed by atoms with Gasteiger partial charge in [0.1, 0.15) is 11.2 Å². The van der Waals surface area contributed by atoms with Crippen LogP contribution in [-0.2, 0) is 5.41 Å². The minimum absolute atomic E-state index is 0.0829. The fourth-order valence-electron chi connectivity index (χ4n) is 6.50. The van der Waals surface area contributed by atoms with Crippen molar-refractivity contribution in [3.05, 3.63) is 120 Å². The second kappa shape index (κ2) is 8.19. The minimum atomic E-state index is 0.0829. The van der Waals surface area contributed by atoms with Gasteiger partial charge < -0.3 is 4.42 Å². The summed E-state index contributed by atoms with van der Waals surface area (Å²) >= 11 is 0. The standard InChI is InChI=1S/C39H30O/c1-23-12-14-24(15-13-23)33-22-34(32-10-7-9-31-28-8-5-6-11-35(28)40-38(31)32)30-19-17-26-21-27(39(2,3)4)20-25-16-18-29(33)37(30)36(25)26/h5-22H,1-4H3. The normalized spacial score (nSPS) is 12.5. The van der Waals surface area contributed by atoms with Crippen LogP contribution in [0.4, 0.5) is 0 Å². The smallest absolute Gasteiger partial charge is 0.143 e. The van der Waals surface area contributed by atoms with Gasteiger partial charge in [0.05, 0.1) is 0 Å². The average molecular weight is 515 g/mol. The first kappa shape index (κ1) is 23.3. The van der Waals surface area contributed by atoms with Crippen molar-refractivity contribution < 1.29 is 4.42 Å². The zero-order valence-electron chi connectivity index (χ0n) is 23.3. The number of aryl methyl sites for hydroxylation is 1. The first-order valence-electron chi connectivity index (χ1n) is 14.1. The third-order valence-electron chi connectivity index (χ3n) is 8.64. The van der Waals surface area contributed by atoms with Crippen LogP contribution in [0.15, 0.2) is 114 Å². The average Bonchev–Trinajstić information content (AvgIpc) is 3.34. The molecule has 0 fully saturated rings. The summed E-state index contributed by atoms with van der Waals surface area (Å²) < 4.78 is 6.54. The lowest BCUT2D eigenvalue weighted by Gasteiger charge is -2.23. The summed E-state index contributed by atoms with van der Waals surface area (Å²) in [6.07, 6.45) is 0. The maximum absolute atomic E-state index is 6.54. The molecular weight excluding hydrogens is 484 g/mol. The zero-order chi connectivity index (χ0) is 27.2. The predicted octanol–water partition coefficient (Wildman–Crippen LogP) is 11.4. The number of rotatable bonds is 2. The number of para-hydroxylation sites is 2. The summed E-state index contributed by atoms with van der Waals surface area (Å²) in [6, 6.07) is 40.3. The lowest BCUT2D eigenvalue weighted by Crippen LogP contribution is -2.10. The van der Waals surface area contributed by atoms with Gasteiger partial charge in [0, 0.05) is 16.3 Å². The molecule has 0 aliphatic heterocycles. The molecule has 0 N–H and O–H groups in total. The summed E-state index contributed by atoms with van der Waals surface area (Å²) in [5.74, 6) is 0. The van der Waals surface area contributed by atoms with E-state index in [0.29, 0.717) is 0 Å². The number of benzene rings is 7. The van der Waals surface area contributed by atoms with Gasteiger partial charge in [-0.25, -0.2) is 0 Å². The summed E-state index contributed by atoms with van der Waals surface area (Å²) in [5, 5.41) is 10.1. The van der Waals surface area contributed by atoms with Crippen molar-refractivity contribution in [2.75, 3.05) is 0 Å². The number of fused-ring (bicyclic) bond motifs is 3. The third-order valence-corrected chi connectivity index (χ3v) is 8.64. The largest absolute Gasteiger partial charge is 0.455 e. The number of hydrogen-bond donors (Lipinski definition) is 0. The van der Waals surface area contributed by atoms with Crippen LogP contribution < -0.4 is 0 Å². The van der Waals surface area contributed by atoms with Gasteiger partial charge in [-0.05, 0) is 79.0 Å². The highest BCUT2D eigenvalue weighted by molar-refractivity contribution is 6.29. The Morgan fingerprint density at radius 3 is 1.93 bits per heavy atom. The highest BCUT2D eigenvalue weighted by atomic mass is 16.3. The van der Waals surface area contributed by atoms with Gasteiger partial charge in [-0.1, -0.05) is 123 Å². The molecule has 0 spiro atoms. The Balaban J connectivity index is 1.54. The van der Waals surface area contributed by atoms with Gasteiger partial charge in [0.15, 0.2) is 0 Å². The summed E-state index contributed by atoms with van der Waals surface area (Å²) in [6.45, 7) is 9.03. The Morgan fingerprint density at radius 1 is 0.525 bits per heavy atom. The Labute approximate surface area is 234 Å². The van der Waals surface area contributed by atoms with Gasteiger partial charge in [0.2, 0.25) is 0 Å². The zero-order valence-corrected chi connectivity index (χ0v) is 23.3. The topological polar surface area (TPSA) is 13.1 Å². The van der Waals surface area contributed by atoms with Crippen molar-refractivity contribution in [1.29, 1.82) is 0 Å². The van der Waals surface area contributed by atoms with Crippen molar-refractivity contribution in [2.24, 2.45) is 0 Å². The highest BCUT2D eigenvalue weighted by Crippen LogP contribution is 2.46. The van der Waals surface area contributed by atoms with E-state index in [-0.39, 0.29) is 5.41 Å². The van der Waals surface area contributed by atoms with Crippen LogP contribution in [-0.4, -0.2) is 0 Å². The van der Waals surface area contributed by atoms with E-state index < -0.39 is 0 Å². The molecule has 0 atom stereocenters. The van der Waals surface area contributed by atoms with E-state index in [4.69, 9.17) is 4.42 Å². The van der Waals surface area contributed by atoms with E-state index in [2.05, 4.69) is 131 Å². The molecule has 0 amide bonds. The van der Waals surface area contributed by atoms with Crippen LogP contribution >= 0.6 is 0 Å². The molecule has 0 saturated heterocycles. The van der Waals surface area contributed by atoms with Gasteiger partial charge in [0.25, 0.3) is 0 Å². The fraction of sp³-hybridized carbons (Fsp3) is 0.128. The molecule has 1 aromatic heterocycles. The molecule has 0 radical (unpaired) electrons. The van der Waals surface area contributed by atoms with Crippen LogP contribution in [0.1, 0.15) is 31.9 Å². The van der Waals surface area contributed by atoms with Crippen molar-refractivity contribution in [1.82, 2.24) is 0 Å². The molecule has 0 unspecified atom stereocenters. The van der Waals surface area contributed by atoms with Crippen LogP contribution in [0.2, 0.25) is 0 Å². The first-order chi connectivity index (χ1) is 19.4. The Hall–Kier alpha value is -4.62. The van der Waals surface area contributed by atoms with Crippen molar-refractivity contribution in [3.8, 4) is 22.3 Å². The van der Waals surface area contributed by atoms with Crippen LogP contribution in [0.25, 0.3) is 76.5 Å². The molecule has 1 nitrogen and oxygen atoms in total. The van der Waals surface area contributed by atoms with Crippen molar-refractivity contribution in [3.63, 3.8) is 0 Å². The van der Waals surface area contributed by atoms with E-state index >= 15 is 0 Å². The van der Waals surface area contributed by atoms with Gasteiger partial charge in [-0.3, -0.25) is 0 Å². The molecule has 0 aliphatic carbocycles. The van der Waals surface area contributed by atoms with Gasteiger partial charge in [-0.2, -0.15) is 0 Å². The SMILES string of the molecule is Cc1ccc(-c2cc(-c3cccc4c3oc3ccccc34)c3ccc4cc(C(C)(C)C)cc5ccc2c3c54)cc1. The number of furan rings is 1.